The van der Waals surface area contributed by atoms with Crippen LogP contribution >= 0.6 is 0 Å². The molecule has 1 aliphatic rings. The third-order valence-corrected chi connectivity index (χ3v) is 4.99. The van der Waals surface area contributed by atoms with Crippen LogP contribution in [0.4, 0.5) is 5.69 Å². The predicted octanol–water partition coefficient (Wildman–Crippen LogP) is 2.52. The van der Waals surface area contributed by atoms with E-state index in [0.29, 0.717) is 36.6 Å². The number of methoxy groups -OCH3 is 1. The van der Waals surface area contributed by atoms with Crippen molar-refractivity contribution in [1.29, 1.82) is 0 Å². The van der Waals surface area contributed by atoms with Crippen LogP contribution < -0.4 is 15.4 Å². The van der Waals surface area contributed by atoms with Crippen LogP contribution in [0.25, 0.3) is 0 Å². The van der Waals surface area contributed by atoms with Crippen LogP contribution in [0.3, 0.4) is 0 Å². The molecule has 0 bridgehead atoms. The SMILES string of the molecule is CCCC(=O)Nc1ccc2c(c1)OC[C@H](C)NC[C@H](C)[C@@H](OC)CN(C)C2=O. The van der Waals surface area contributed by atoms with Crippen molar-refractivity contribution >= 4 is 17.5 Å². The number of nitrogens with one attached hydrogen (secondary N) is 2. The van der Waals surface area contributed by atoms with Crippen LogP contribution in [-0.4, -0.2) is 62.7 Å². The van der Waals surface area contributed by atoms with Gasteiger partial charge < -0.3 is 25.0 Å². The summed E-state index contributed by atoms with van der Waals surface area (Å²) >= 11 is 0. The highest BCUT2D eigenvalue weighted by Gasteiger charge is 2.25. The summed E-state index contributed by atoms with van der Waals surface area (Å²) in [5, 5.41) is 6.32. The molecule has 0 saturated carbocycles. The van der Waals surface area contributed by atoms with Gasteiger partial charge in [-0.25, -0.2) is 0 Å². The van der Waals surface area contributed by atoms with Crippen molar-refractivity contribution in [2.24, 2.45) is 5.92 Å². The summed E-state index contributed by atoms with van der Waals surface area (Å²) in [5.74, 6) is 0.544. The molecule has 1 aromatic rings. The molecule has 0 saturated heterocycles. The normalized spacial score (nSPS) is 23.8. The third kappa shape index (κ3) is 5.94. The summed E-state index contributed by atoms with van der Waals surface area (Å²) in [6.07, 6.45) is 1.17. The van der Waals surface area contributed by atoms with Gasteiger partial charge in [0.25, 0.3) is 5.91 Å². The average Bonchev–Trinajstić information content (AvgIpc) is 2.67. The molecule has 2 rings (SSSR count). The highest BCUT2D eigenvalue weighted by molar-refractivity contribution is 5.98. The minimum Gasteiger partial charge on any atom is -0.491 e. The van der Waals surface area contributed by atoms with Crippen molar-refractivity contribution in [2.45, 2.75) is 45.8 Å². The quantitative estimate of drug-likeness (QED) is 0.824. The molecule has 156 valence electrons. The Labute approximate surface area is 167 Å². The molecular weight excluding hydrogens is 358 g/mol. The van der Waals surface area contributed by atoms with Gasteiger partial charge in [0.15, 0.2) is 0 Å². The predicted molar refractivity (Wildman–Crippen MR) is 110 cm³/mol. The Morgan fingerprint density at radius 3 is 2.82 bits per heavy atom. The van der Waals surface area contributed by atoms with E-state index in [1.54, 1.807) is 37.3 Å². The second kappa shape index (κ2) is 10.4. The van der Waals surface area contributed by atoms with E-state index in [1.165, 1.54) is 0 Å². The lowest BCUT2D eigenvalue weighted by molar-refractivity contribution is -0.116. The van der Waals surface area contributed by atoms with Gasteiger partial charge in [-0.05, 0) is 31.4 Å². The maximum absolute atomic E-state index is 13.0. The van der Waals surface area contributed by atoms with Crippen molar-refractivity contribution in [1.82, 2.24) is 10.2 Å². The van der Waals surface area contributed by atoms with Crippen molar-refractivity contribution in [3.05, 3.63) is 23.8 Å². The van der Waals surface area contributed by atoms with Gasteiger partial charge >= 0.3 is 0 Å². The second-order valence-corrected chi connectivity index (χ2v) is 7.57. The topological polar surface area (TPSA) is 79.9 Å². The fourth-order valence-corrected chi connectivity index (χ4v) is 3.18. The lowest BCUT2D eigenvalue weighted by Crippen LogP contribution is -2.44. The number of hydrogen-bond acceptors (Lipinski definition) is 5. The van der Waals surface area contributed by atoms with E-state index in [1.807, 2.05) is 13.8 Å². The van der Waals surface area contributed by atoms with Crippen molar-refractivity contribution in [3.63, 3.8) is 0 Å². The zero-order valence-corrected chi connectivity index (χ0v) is 17.6. The molecule has 0 radical (unpaired) electrons. The molecular formula is C21H33N3O4. The average molecular weight is 392 g/mol. The summed E-state index contributed by atoms with van der Waals surface area (Å²) < 4.78 is 11.6. The number of nitrogens with zero attached hydrogens (tertiary/aromatic N) is 1. The maximum Gasteiger partial charge on any atom is 0.257 e. The largest absolute Gasteiger partial charge is 0.491 e. The number of fused-ring (bicyclic) bond motifs is 1. The van der Waals surface area contributed by atoms with Gasteiger partial charge in [0, 0.05) is 51.5 Å². The first-order chi connectivity index (χ1) is 13.3. The smallest absolute Gasteiger partial charge is 0.257 e. The Bertz CT molecular complexity index is 680. The van der Waals surface area contributed by atoms with Crippen molar-refractivity contribution < 1.29 is 19.1 Å². The van der Waals surface area contributed by atoms with Crippen LogP contribution in [0.1, 0.15) is 44.0 Å². The van der Waals surface area contributed by atoms with Gasteiger partial charge in [0.1, 0.15) is 12.4 Å². The minimum absolute atomic E-state index is 0.0500. The Morgan fingerprint density at radius 2 is 2.14 bits per heavy atom. The summed E-state index contributed by atoms with van der Waals surface area (Å²) in [4.78, 5) is 26.6. The molecule has 1 aromatic carbocycles. The molecule has 2 amide bonds. The lowest BCUT2D eigenvalue weighted by Gasteiger charge is -2.30. The number of ether oxygens (including phenoxy) is 2. The second-order valence-electron chi connectivity index (χ2n) is 7.57. The van der Waals surface area contributed by atoms with E-state index in [2.05, 4.69) is 17.6 Å². The van der Waals surface area contributed by atoms with Gasteiger partial charge in [-0.2, -0.15) is 0 Å². The van der Waals surface area contributed by atoms with E-state index in [4.69, 9.17) is 9.47 Å². The van der Waals surface area contributed by atoms with E-state index < -0.39 is 0 Å². The van der Waals surface area contributed by atoms with E-state index in [-0.39, 0.29) is 29.9 Å². The standard InChI is InChI=1S/C21H33N3O4/c1-6-7-20(25)23-16-8-9-17-18(10-16)28-13-15(3)22-11-14(2)19(27-5)12-24(4)21(17)26/h8-10,14-15,19,22H,6-7,11-13H2,1-5H3,(H,23,25)/t14-,15-,19-/m0/s1. The van der Waals surface area contributed by atoms with Crippen LogP contribution in [0.15, 0.2) is 18.2 Å². The first-order valence-electron chi connectivity index (χ1n) is 9.94. The van der Waals surface area contributed by atoms with E-state index in [0.717, 1.165) is 13.0 Å². The lowest BCUT2D eigenvalue weighted by atomic mass is 10.0. The molecule has 0 spiro atoms. The molecule has 0 aromatic heterocycles. The molecule has 28 heavy (non-hydrogen) atoms. The first-order valence-corrected chi connectivity index (χ1v) is 9.94. The molecule has 1 heterocycles. The maximum atomic E-state index is 13.0. The van der Waals surface area contributed by atoms with Gasteiger partial charge in [-0.1, -0.05) is 13.8 Å². The summed E-state index contributed by atoms with van der Waals surface area (Å²) in [7, 11) is 3.45. The Hall–Kier alpha value is -2.12. The zero-order chi connectivity index (χ0) is 20.7. The fourth-order valence-electron chi connectivity index (χ4n) is 3.18. The number of likely N-dealkylation sites (N-methyl/N-ethyl adjacent to an activating group) is 1. The van der Waals surface area contributed by atoms with E-state index >= 15 is 0 Å². The van der Waals surface area contributed by atoms with E-state index in [9.17, 15) is 9.59 Å². The summed E-state index contributed by atoms with van der Waals surface area (Å²) in [5.41, 5.74) is 1.11. The fraction of sp³-hybridized carbons (Fsp3) is 0.619. The molecule has 0 fully saturated rings. The van der Waals surface area contributed by atoms with Gasteiger partial charge in [0.05, 0.1) is 11.7 Å². The number of rotatable bonds is 4. The Kier molecular flexibility index (Phi) is 8.26. The summed E-state index contributed by atoms with van der Waals surface area (Å²) in [6.45, 7) is 7.78. The molecule has 0 aliphatic carbocycles. The molecule has 7 heteroatoms. The van der Waals surface area contributed by atoms with Gasteiger partial charge in [0.2, 0.25) is 5.91 Å². The number of anilines is 1. The number of benzene rings is 1. The molecule has 2 N–H and O–H groups in total. The van der Waals surface area contributed by atoms with Crippen LogP contribution in [0, 0.1) is 5.92 Å². The first kappa shape index (κ1) is 22.2. The van der Waals surface area contributed by atoms with Gasteiger partial charge in [-0.3, -0.25) is 9.59 Å². The van der Waals surface area contributed by atoms with Gasteiger partial charge in [-0.15, -0.1) is 0 Å². The number of carbonyl (C=O) groups excluding carboxylic acids is 2. The highest BCUT2D eigenvalue weighted by atomic mass is 16.5. The minimum atomic E-state index is -0.128. The molecule has 7 nitrogen and oxygen atoms in total. The number of carbonyl (C=O) groups is 2. The molecule has 3 atom stereocenters. The van der Waals surface area contributed by atoms with Crippen molar-refractivity contribution in [2.75, 3.05) is 39.2 Å². The number of hydrogen-bond donors (Lipinski definition) is 2. The van der Waals surface area contributed by atoms with Crippen LogP contribution in [0.2, 0.25) is 0 Å². The number of amides is 2. The molecule has 0 unspecified atom stereocenters. The Morgan fingerprint density at radius 1 is 1.39 bits per heavy atom. The Balaban J connectivity index is 2.31. The highest BCUT2D eigenvalue weighted by Crippen LogP contribution is 2.26. The van der Waals surface area contributed by atoms with Crippen molar-refractivity contribution in [3.8, 4) is 5.75 Å². The van der Waals surface area contributed by atoms with Crippen LogP contribution in [0.5, 0.6) is 5.75 Å². The molecule has 1 aliphatic heterocycles. The van der Waals surface area contributed by atoms with Crippen LogP contribution in [-0.2, 0) is 9.53 Å². The third-order valence-electron chi connectivity index (χ3n) is 4.99. The monoisotopic (exact) mass is 391 g/mol. The zero-order valence-electron chi connectivity index (χ0n) is 17.6. The summed E-state index contributed by atoms with van der Waals surface area (Å²) in [6, 6.07) is 5.29.